The normalized spacial score (nSPS) is 11.7. The monoisotopic (exact) mass is 369 g/mol. The van der Waals surface area contributed by atoms with Crippen molar-refractivity contribution >= 4 is 34.0 Å². The molecule has 25 heavy (non-hydrogen) atoms. The van der Waals surface area contributed by atoms with Crippen LogP contribution in [0.25, 0.3) is 0 Å². The number of carbonyl (C=O) groups excluding carboxylic acids is 1. The van der Waals surface area contributed by atoms with E-state index in [1.165, 1.54) is 0 Å². The smallest absolute Gasteiger partial charge is 0.256 e. The first-order valence-corrected chi connectivity index (χ1v) is 9.41. The highest BCUT2D eigenvalue weighted by Gasteiger charge is 2.15. The zero-order chi connectivity index (χ0) is 17.6. The Kier molecular flexibility index (Phi) is 5.64. The number of benzene rings is 3. The summed E-state index contributed by atoms with van der Waals surface area (Å²) in [5.41, 5.74) is 1.82. The van der Waals surface area contributed by atoms with Gasteiger partial charge in [0.2, 0.25) is 0 Å². The van der Waals surface area contributed by atoms with Crippen LogP contribution in [0.2, 0.25) is 5.02 Å². The lowest BCUT2D eigenvalue weighted by Crippen LogP contribution is -2.15. The van der Waals surface area contributed by atoms with Crippen LogP contribution in [-0.4, -0.2) is 10.1 Å². The number of carbonyl (C=O) groups is 1. The van der Waals surface area contributed by atoms with E-state index in [-0.39, 0.29) is 11.7 Å². The molecule has 3 aromatic carbocycles. The molecule has 0 radical (unpaired) electrons. The van der Waals surface area contributed by atoms with Crippen molar-refractivity contribution in [3.8, 4) is 0 Å². The van der Waals surface area contributed by atoms with Gasteiger partial charge in [0.15, 0.2) is 0 Å². The summed E-state index contributed by atoms with van der Waals surface area (Å²) in [5.74, 6) is -0.0209. The molecule has 3 nitrogen and oxygen atoms in total. The van der Waals surface area contributed by atoms with Crippen LogP contribution < -0.4 is 5.32 Å². The first-order chi connectivity index (χ1) is 12.1. The van der Waals surface area contributed by atoms with Crippen molar-refractivity contribution in [1.82, 2.24) is 0 Å². The Morgan fingerprint density at radius 1 is 0.920 bits per heavy atom. The molecule has 0 aromatic heterocycles. The van der Waals surface area contributed by atoms with Crippen LogP contribution in [0.1, 0.15) is 15.9 Å². The molecule has 5 heteroatoms. The average molecular weight is 370 g/mol. The zero-order valence-corrected chi connectivity index (χ0v) is 14.9. The lowest BCUT2D eigenvalue weighted by Gasteiger charge is -2.11. The van der Waals surface area contributed by atoms with Crippen molar-refractivity contribution in [2.75, 3.05) is 5.32 Å². The van der Waals surface area contributed by atoms with Crippen molar-refractivity contribution in [3.05, 3.63) is 95.0 Å². The van der Waals surface area contributed by atoms with Gasteiger partial charge in [-0.1, -0.05) is 54.1 Å². The number of nitrogens with one attached hydrogen (secondary N) is 1. The molecule has 3 rings (SSSR count). The van der Waals surface area contributed by atoms with Gasteiger partial charge in [-0.2, -0.15) is 0 Å². The van der Waals surface area contributed by atoms with Crippen LogP contribution in [0.4, 0.5) is 5.69 Å². The highest BCUT2D eigenvalue weighted by molar-refractivity contribution is 7.84. The van der Waals surface area contributed by atoms with Gasteiger partial charge in [-0.05, 0) is 42.0 Å². The number of halogens is 1. The van der Waals surface area contributed by atoms with Crippen molar-refractivity contribution in [3.63, 3.8) is 0 Å². The van der Waals surface area contributed by atoms with E-state index in [1.807, 2.05) is 60.7 Å². The molecule has 0 heterocycles. The van der Waals surface area contributed by atoms with E-state index in [0.29, 0.717) is 21.8 Å². The fourth-order valence-corrected chi connectivity index (χ4v) is 3.74. The predicted octanol–water partition coefficient (Wildman–Crippen LogP) is 4.90. The molecule has 0 spiro atoms. The van der Waals surface area contributed by atoms with E-state index in [0.717, 1.165) is 4.90 Å². The number of anilines is 1. The number of hydrogen-bond donors (Lipinski definition) is 1. The van der Waals surface area contributed by atoms with Crippen LogP contribution in [0.3, 0.4) is 0 Å². The summed E-state index contributed by atoms with van der Waals surface area (Å²) in [6, 6.07) is 23.5. The maximum absolute atomic E-state index is 12.6. The van der Waals surface area contributed by atoms with Crippen LogP contribution in [0.15, 0.2) is 83.8 Å². The maximum Gasteiger partial charge on any atom is 0.256 e. The summed E-state index contributed by atoms with van der Waals surface area (Å²) in [6.07, 6.45) is 0. The Bertz CT molecular complexity index is 898. The third kappa shape index (κ3) is 4.56. The van der Waals surface area contributed by atoms with Gasteiger partial charge in [-0.3, -0.25) is 9.00 Å². The van der Waals surface area contributed by atoms with E-state index in [2.05, 4.69) is 5.32 Å². The fourth-order valence-electron chi connectivity index (χ4n) is 2.40. The Morgan fingerprint density at radius 2 is 1.56 bits per heavy atom. The third-order valence-corrected chi connectivity index (χ3v) is 5.25. The van der Waals surface area contributed by atoms with Crippen LogP contribution >= 0.6 is 11.6 Å². The second-order valence-electron chi connectivity index (χ2n) is 5.42. The summed E-state index contributed by atoms with van der Waals surface area (Å²) in [6.45, 7) is 0. The van der Waals surface area contributed by atoms with Gasteiger partial charge in [0.1, 0.15) is 0 Å². The van der Waals surface area contributed by atoms with Crippen molar-refractivity contribution in [1.29, 1.82) is 0 Å². The average Bonchev–Trinajstić information content (AvgIpc) is 2.64. The highest BCUT2D eigenvalue weighted by Crippen LogP contribution is 2.21. The van der Waals surface area contributed by atoms with Crippen LogP contribution in [0, 0.1) is 0 Å². The minimum Gasteiger partial charge on any atom is -0.322 e. The number of amides is 1. The zero-order valence-electron chi connectivity index (χ0n) is 13.3. The Balaban J connectivity index is 1.85. The molecule has 3 aromatic rings. The molecule has 1 atom stereocenters. The highest BCUT2D eigenvalue weighted by atomic mass is 35.5. The van der Waals surface area contributed by atoms with Gasteiger partial charge in [-0.25, -0.2) is 0 Å². The second-order valence-corrected chi connectivity index (χ2v) is 7.31. The number of rotatable bonds is 5. The Labute approximate surface area is 154 Å². The number of para-hydroxylation sites is 1. The minimum absolute atomic E-state index is 0.249. The van der Waals surface area contributed by atoms with Gasteiger partial charge in [-0.15, -0.1) is 0 Å². The first kappa shape index (κ1) is 17.4. The molecule has 1 unspecified atom stereocenters. The summed E-state index contributed by atoms with van der Waals surface area (Å²) < 4.78 is 12.6. The van der Waals surface area contributed by atoms with Gasteiger partial charge >= 0.3 is 0 Å². The lowest BCUT2D eigenvalue weighted by molar-refractivity contribution is 0.102. The lowest BCUT2D eigenvalue weighted by atomic mass is 10.1. The minimum atomic E-state index is -1.24. The summed E-state index contributed by atoms with van der Waals surface area (Å²) in [7, 11) is -1.24. The van der Waals surface area contributed by atoms with Crippen molar-refractivity contribution < 1.29 is 9.00 Å². The number of hydrogen-bond acceptors (Lipinski definition) is 2. The molecular formula is C20H16ClNO2S. The summed E-state index contributed by atoms with van der Waals surface area (Å²) in [4.78, 5) is 13.4. The van der Waals surface area contributed by atoms with E-state index >= 15 is 0 Å². The Hall–Kier alpha value is -2.43. The van der Waals surface area contributed by atoms with Gasteiger partial charge in [0.05, 0.1) is 16.6 Å². The summed E-state index contributed by atoms with van der Waals surface area (Å²) in [5, 5.41) is 3.31. The molecule has 0 aliphatic rings. The summed E-state index contributed by atoms with van der Waals surface area (Å²) >= 11 is 6.06. The molecule has 126 valence electrons. The van der Waals surface area contributed by atoms with Gasteiger partial charge in [0, 0.05) is 21.2 Å². The molecule has 0 saturated heterocycles. The standard InChI is InChI=1S/C20H16ClNO2S/c21-16-12-11-15(14-25(24)18-9-5-2-6-10-18)19(13-16)20(23)22-17-7-3-1-4-8-17/h1-13H,14H2,(H,22,23). The molecule has 0 aliphatic carbocycles. The molecule has 1 N–H and O–H groups in total. The molecular weight excluding hydrogens is 354 g/mol. The van der Waals surface area contributed by atoms with Crippen LogP contribution in [-0.2, 0) is 16.6 Å². The third-order valence-electron chi connectivity index (χ3n) is 3.64. The van der Waals surface area contributed by atoms with E-state index < -0.39 is 10.8 Å². The maximum atomic E-state index is 12.6. The fraction of sp³-hybridized carbons (Fsp3) is 0.0500. The first-order valence-electron chi connectivity index (χ1n) is 7.72. The van der Waals surface area contributed by atoms with Crippen molar-refractivity contribution in [2.24, 2.45) is 0 Å². The SMILES string of the molecule is O=C(Nc1ccccc1)c1cc(Cl)ccc1CS(=O)c1ccccc1. The van der Waals surface area contributed by atoms with E-state index in [4.69, 9.17) is 11.6 Å². The molecule has 0 saturated carbocycles. The van der Waals surface area contributed by atoms with E-state index in [1.54, 1.807) is 18.2 Å². The molecule has 0 aliphatic heterocycles. The predicted molar refractivity (Wildman–Crippen MR) is 102 cm³/mol. The molecule has 0 fully saturated rings. The molecule has 1 amide bonds. The van der Waals surface area contributed by atoms with Gasteiger partial charge < -0.3 is 5.32 Å². The molecule has 0 bridgehead atoms. The quantitative estimate of drug-likeness (QED) is 0.695. The van der Waals surface area contributed by atoms with E-state index in [9.17, 15) is 9.00 Å². The van der Waals surface area contributed by atoms with Crippen LogP contribution in [0.5, 0.6) is 0 Å². The second kappa shape index (κ2) is 8.10. The van der Waals surface area contributed by atoms with Gasteiger partial charge in [0.25, 0.3) is 5.91 Å². The Morgan fingerprint density at radius 3 is 2.24 bits per heavy atom. The largest absolute Gasteiger partial charge is 0.322 e. The topological polar surface area (TPSA) is 46.2 Å². The van der Waals surface area contributed by atoms with Crippen molar-refractivity contribution in [2.45, 2.75) is 10.6 Å².